The summed E-state index contributed by atoms with van der Waals surface area (Å²) in [6.07, 6.45) is 2.91. The smallest absolute Gasteiger partial charge is 0.253 e. The van der Waals surface area contributed by atoms with Crippen molar-refractivity contribution in [1.82, 2.24) is 9.80 Å². The molecule has 0 radical (unpaired) electrons. The van der Waals surface area contributed by atoms with Crippen LogP contribution in [-0.2, 0) is 6.42 Å². The summed E-state index contributed by atoms with van der Waals surface area (Å²) >= 11 is 0. The Morgan fingerprint density at radius 2 is 2.11 bits per heavy atom. The van der Waals surface area contributed by atoms with Crippen LogP contribution in [0.1, 0.15) is 42.6 Å². The number of aryl methyl sites for hydroxylation is 1. The second-order valence-electron chi connectivity index (χ2n) is 9.42. The van der Waals surface area contributed by atoms with E-state index in [4.69, 9.17) is 10.5 Å². The van der Waals surface area contributed by atoms with Crippen molar-refractivity contribution < 1.29 is 9.53 Å². The number of likely N-dealkylation sites (tertiary alicyclic amines) is 1. The molecule has 0 aromatic heterocycles. The maximum absolute atomic E-state index is 13.3. The lowest BCUT2D eigenvalue weighted by molar-refractivity contribution is -0.0789. The average molecular weight is 374 g/mol. The number of nitrogens with zero attached hydrogens (tertiary/aromatic N) is 2. The molecule has 3 rings (SSSR count). The number of nitrogens with two attached hydrogens (primary N) is 1. The number of ether oxygens (including phenoxy) is 1. The standard InChI is InChI=1S/C22H35N3O2/c1-21(2)13-22(14-24(3)4)15-25(12-19(21)22)20(26)17-8-9-18(27-5)16(11-17)7-6-10-23/h8-9,11,19H,6-7,10,12-15,23H2,1-5H3/t19-,22+/m1/s1. The molecule has 1 saturated carbocycles. The first-order valence-electron chi connectivity index (χ1n) is 10.0. The molecule has 2 fully saturated rings. The van der Waals surface area contributed by atoms with Crippen LogP contribution < -0.4 is 10.5 Å². The first-order chi connectivity index (χ1) is 12.7. The van der Waals surface area contributed by atoms with E-state index in [1.807, 2.05) is 18.2 Å². The summed E-state index contributed by atoms with van der Waals surface area (Å²) in [5.74, 6) is 1.56. The highest BCUT2D eigenvalue weighted by molar-refractivity contribution is 5.95. The van der Waals surface area contributed by atoms with Gasteiger partial charge in [0.15, 0.2) is 0 Å². The zero-order valence-corrected chi connectivity index (χ0v) is 17.5. The second kappa shape index (κ2) is 7.44. The van der Waals surface area contributed by atoms with Crippen LogP contribution in [0.5, 0.6) is 5.75 Å². The van der Waals surface area contributed by atoms with Crippen molar-refractivity contribution >= 4 is 5.91 Å². The van der Waals surface area contributed by atoms with Crippen molar-refractivity contribution in [3.05, 3.63) is 29.3 Å². The van der Waals surface area contributed by atoms with E-state index < -0.39 is 0 Å². The molecule has 1 aromatic carbocycles. The molecule has 0 unspecified atom stereocenters. The number of hydrogen-bond donors (Lipinski definition) is 1. The molecule has 5 heteroatoms. The predicted molar refractivity (Wildman–Crippen MR) is 109 cm³/mol. The summed E-state index contributed by atoms with van der Waals surface area (Å²) in [6, 6.07) is 5.82. The van der Waals surface area contributed by atoms with Gasteiger partial charge < -0.3 is 20.3 Å². The second-order valence-corrected chi connectivity index (χ2v) is 9.42. The Hall–Kier alpha value is -1.59. The van der Waals surface area contributed by atoms with E-state index in [0.717, 1.165) is 49.4 Å². The third-order valence-corrected chi connectivity index (χ3v) is 6.49. The fraction of sp³-hybridized carbons (Fsp3) is 0.682. The number of carbonyl (C=O) groups is 1. The summed E-state index contributed by atoms with van der Waals surface area (Å²) in [7, 11) is 5.94. The maximum atomic E-state index is 13.3. The molecule has 1 aromatic rings. The maximum Gasteiger partial charge on any atom is 0.253 e. The van der Waals surface area contributed by atoms with Gasteiger partial charge in [-0.1, -0.05) is 13.8 Å². The van der Waals surface area contributed by atoms with Gasteiger partial charge in [0.05, 0.1) is 7.11 Å². The van der Waals surface area contributed by atoms with E-state index in [0.29, 0.717) is 17.9 Å². The van der Waals surface area contributed by atoms with Crippen molar-refractivity contribution in [3.8, 4) is 5.75 Å². The Morgan fingerprint density at radius 1 is 1.37 bits per heavy atom. The fourth-order valence-corrected chi connectivity index (χ4v) is 5.71. The van der Waals surface area contributed by atoms with E-state index >= 15 is 0 Å². The Labute approximate surface area is 163 Å². The molecule has 0 spiro atoms. The molecule has 2 atom stereocenters. The minimum Gasteiger partial charge on any atom is -0.496 e. The monoisotopic (exact) mass is 373 g/mol. The van der Waals surface area contributed by atoms with Gasteiger partial charge in [0, 0.05) is 30.6 Å². The van der Waals surface area contributed by atoms with E-state index in [-0.39, 0.29) is 11.3 Å². The molecule has 2 N–H and O–H groups in total. The third-order valence-electron chi connectivity index (χ3n) is 6.49. The number of benzene rings is 1. The largest absolute Gasteiger partial charge is 0.496 e. The van der Waals surface area contributed by atoms with Crippen LogP contribution in [0.4, 0.5) is 0 Å². The van der Waals surface area contributed by atoms with Gasteiger partial charge in [-0.05, 0) is 75.0 Å². The summed E-state index contributed by atoms with van der Waals surface area (Å²) in [6.45, 7) is 8.11. The first kappa shape index (κ1) is 20.2. The molecule has 150 valence electrons. The van der Waals surface area contributed by atoms with Gasteiger partial charge in [-0.3, -0.25) is 4.79 Å². The minimum atomic E-state index is 0.148. The Bertz CT molecular complexity index is 697. The van der Waals surface area contributed by atoms with Gasteiger partial charge in [-0.15, -0.1) is 0 Å². The van der Waals surface area contributed by atoms with Gasteiger partial charge in [-0.25, -0.2) is 0 Å². The molecular weight excluding hydrogens is 338 g/mol. The lowest BCUT2D eigenvalue weighted by atomic mass is 9.48. The van der Waals surface area contributed by atoms with Crippen molar-refractivity contribution in [2.24, 2.45) is 22.5 Å². The number of amides is 1. The number of hydrogen-bond acceptors (Lipinski definition) is 4. The molecule has 0 bridgehead atoms. The summed E-state index contributed by atoms with van der Waals surface area (Å²) in [5, 5.41) is 0. The number of fused-ring (bicyclic) bond motifs is 1. The van der Waals surface area contributed by atoms with Crippen LogP contribution in [-0.4, -0.2) is 63.1 Å². The highest BCUT2D eigenvalue weighted by Crippen LogP contribution is 2.62. The highest BCUT2D eigenvalue weighted by Gasteiger charge is 2.63. The van der Waals surface area contributed by atoms with E-state index in [1.54, 1.807) is 7.11 Å². The highest BCUT2D eigenvalue weighted by atomic mass is 16.5. The quantitative estimate of drug-likeness (QED) is 0.798. The Balaban J connectivity index is 1.80. The van der Waals surface area contributed by atoms with Gasteiger partial charge in [0.1, 0.15) is 5.75 Å². The van der Waals surface area contributed by atoms with Crippen LogP contribution in [0.15, 0.2) is 18.2 Å². The van der Waals surface area contributed by atoms with Crippen LogP contribution in [0.3, 0.4) is 0 Å². The van der Waals surface area contributed by atoms with Crippen LogP contribution in [0.2, 0.25) is 0 Å². The molecular formula is C22H35N3O2. The molecule has 1 aliphatic heterocycles. The minimum absolute atomic E-state index is 0.148. The fourth-order valence-electron chi connectivity index (χ4n) is 5.71. The topological polar surface area (TPSA) is 58.8 Å². The van der Waals surface area contributed by atoms with Crippen molar-refractivity contribution in [2.75, 3.05) is 47.4 Å². The van der Waals surface area contributed by atoms with Crippen molar-refractivity contribution in [3.63, 3.8) is 0 Å². The zero-order valence-electron chi connectivity index (χ0n) is 17.5. The van der Waals surface area contributed by atoms with E-state index in [9.17, 15) is 4.79 Å². The molecule has 1 amide bonds. The van der Waals surface area contributed by atoms with Gasteiger partial charge in [0.25, 0.3) is 5.91 Å². The molecule has 1 aliphatic carbocycles. The van der Waals surface area contributed by atoms with E-state index in [2.05, 4.69) is 37.7 Å². The van der Waals surface area contributed by atoms with Crippen LogP contribution in [0.25, 0.3) is 0 Å². The van der Waals surface area contributed by atoms with Gasteiger partial charge >= 0.3 is 0 Å². The molecule has 27 heavy (non-hydrogen) atoms. The summed E-state index contributed by atoms with van der Waals surface area (Å²) in [4.78, 5) is 17.6. The van der Waals surface area contributed by atoms with Crippen LogP contribution in [0, 0.1) is 16.7 Å². The summed E-state index contributed by atoms with van der Waals surface area (Å²) in [5.41, 5.74) is 8.06. The molecule has 1 saturated heterocycles. The molecule has 2 aliphatic rings. The normalized spacial score (nSPS) is 26.0. The van der Waals surface area contributed by atoms with Crippen molar-refractivity contribution in [1.29, 1.82) is 0 Å². The number of carbonyl (C=O) groups excluding carboxylic acids is 1. The van der Waals surface area contributed by atoms with Crippen LogP contribution >= 0.6 is 0 Å². The SMILES string of the molecule is COc1ccc(C(=O)N2C[C@@H]3C(C)(C)C[C@]3(CN(C)C)C2)cc1CCCN. The number of methoxy groups -OCH3 is 1. The predicted octanol–water partition coefficient (Wildman–Crippen LogP) is 2.64. The lowest BCUT2D eigenvalue weighted by Crippen LogP contribution is -2.57. The van der Waals surface area contributed by atoms with Gasteiger partial charge in [0.2, 0.25) is 0 Å². The first-order valence-corrected chi connectivity index (χ1v) is 10.0. The lowest BCUT2D eigenvalue weighted by Gasteiger charge is -2.57. The number of rotatable bonds is 7. The van der Waals surface area contributed by atoms with Gasteiger partial charge in [-0.2, -0.15) is 0 Å². The molecule has 1 heterocycles. The summed E-state index contributed by atoms with van der Waals surface area (Å²) < 4.78 is 5.46. The Morgan fingerprint density at radius 3 is 2.70 bits per heavy atom. The zero-order chi connectivity index (χ0) is 19.8. The van der Waals surface area contributed by atoms with E-state index in [1.165, 1.54) is 6.42 Å². The Kier molecular flexibility index (Phi) is 5.55. The average Bonchev–Trinajstić information content (AvgIpc) is 2.92. The third kappa shape index (κ3) is 3.72. The molecule has 5 nitrogen and oxygen atoms in total. The van der Waals surface area contributed by atoms with Crippen molar-refractivity contribution in [2.45, 2.75) is 33.1 Å².